The van der Waals surface area contributed by atoms with Crippen LogP contribution in [0.3, 0.4) is 0 Å². The zero-order valence-electron chi connectivity index (χ0n) is 9.46. The summed E-state index contributed by atoms with van der Waals surface area (Å²) < 4.78 is 5.31. The van der Waals surface area contributed by atoms with Crippen LogP contribution in [0.2, 0.25) is 0 Å². The number of ether oxygens (including phenoxy) is 1. The monoisotopic (exact) mass is 207 g/mol. The summed E-state index contributed by atoms with van der Waals surface area (Å²) >= 11 is 0. The molecular weight excluding hydrogens is 190 g/mol. The molecule has 3 heteroatoms. The van der Waals surface area contributed by atoms with Gasteiger partial charge in [0.25, 0.3) is 0 Å². The molecule has 1 amide bonds. The number of benzene rings is 1. The molecule has 3 nitrogen and oxygen atoms in total. The van der Waals surface area contributed by atoms with Crippen molar-refractivity contribution in [1.29, 1.82) is 0 Å². The van der Waals surface area contributed by atoms with Gasteiger partial charge in [0.1, 0.15) is 0 Å². The Morgan fingerprint density at radius 1 is 1.47 bits per heavy atom. The van der Waals surface area contributed by atoms with Crippen LogP contribution in [0.15, 0.2) is 18.2 Å². The molecule has 0 aliphatic rings. The molecule has 15 heavy (non-hydrogen) atoms. The van der Waals surface area contributed by atoms with Crippen molar-refractivity contribution < 1.29 is 9.53 Å². The summed E-state index contributed by atoms with van der Waals surface area (Å²) in [5.74, 6) is -0.0494. The average molecular weight is 207 g/mol. The average Bonchev–Trinajstić information content (AvgIpc) is 2.18. The van der Waals surface area contributed by atoms with Gasteiger partial charge in [0.15, 0.2) is 0 Å². The summed E-state index contributed by atoms with van der Waals surface area (Å²) in [4.78, 5) is 10.9. The van der Waals surface area contributed by atoms with Gasteiger partial charge in [-0.2, -0.15) is 0 Å². The highest BCUT2D eigenvalue weighted by Crippen LogP contribution is 2.17. The number of rotatable bonds is 4. The third kappa shape index (κ3) is 3.72. The summed E-state index contributed by atoms with van der Waals surface area (Å²) in [5, 5.41) is 2.80. The van der Waals surface area contributed by atoms with Crippen LogP contribution < -0.4 is 5.32 Å². The minimum atomic E-state index is -0.0494. The van der Waals surface area contributed by atoms with E-state index in [4.69, 9.17) is 4.74 Å². The summed E-state index contributed by atoms with van der Waals surface area (Å²) in [5.41, 5.74) is 3.00. The van der Waals surface area contributed by atoms with E-state index in [0.717, 1.165) is 16.8 Å². The summed E-state index contributed by atoms with van der Waals surface area (Å²) in [6, 6.07) is 5.95. The zero-order valence-corrected chi connectivity index (χ0v) is 9.46. The molecule has 1 aromatic rings. The van der Waals surface area contributed by atoms with Crippen molar-refractivity contribution in [3.8, 4) is 0 Å². The van der Waals surface area contributed by atoms with Gasteiger partial charge >= 0.3 is 0 Å². The molecule has 82 valence electrons. The summed E-state index contributed by atoms with van der Waals surface area (Å²) in [7, 11) is 0. The van der Waals surface area contributed by atoms with Crippen molar-refractivity contribution in [2.24, 2.45) is 0 Å². The Morgan fingerprint density at radius 2 is 2.20 bits per heavy atom. The Hall–Kier alpha value is -1.35. The van der Waals surface area contributed by atoms with E-state index in [1.54, 1.807) is 0 Å². The molecule has 0 aromatic heterocycles. The highest BCUT2D eigenvalue weighted by molar-refractivity contribution is 5.89. The fourth-order valence-electron chi connectivity index (χ4n) is 1.30. The maximum atomic E-state index is 10.9. The van der Waals surface area contributed by atoms with Crippen LogP contribution >= 0.6 is 0 Å². The van der Waals surface area contributed by atoms with E-state index in [-0.39, 0.29) is 5.91 Å². The molecule has 0 bridgehead atoms. The standard InChI is InChI=1S/C12H17NO2/c1-4-15-8-11-6-5-9(2)12(7-11)13-10(3)14/h5-7H,4,8H2,1-3H3,(H,13,14). The molecule has 1 aromatic carbocycles. The zero-order chi connectivity index (χ0) is 11.3. The first-order chi connectivity index (χ1) is 7.13. The normalized spacial score (nSPS) is 10.1. The summed E-state index contributed by atoms with van der Waals surface area (Å²) in [6.07, 6.45) is 0. The number of hydrogen-bond acceptors (Lipinski definition) is 2. The van der Waals surface area contributed by atoms with Crippen LogP contribution in [0, 0.1) is 6.92 Å². The SMILES string of the molecule is CCOCc1ccc(C)c(NC(C)=O)c1. The van der Waals surface area contributed by atoms with Gasteiger partial charge in [-0.25, -0.2) is 0 Å². The molecule has 0 atom stereocenters. The fraction of sp³-hybridized carbons (Fsp3) is 0.417. The van der Waals surface area contributed by atoms with Crippen molar-refractivity contribution in [2.75, 3.05) is 11.9 Å². The molecule has 0 heterocycles. The van der Waals surface area contributed by atoms with Crippen LogP contribution in [0.5, 0.6) is 0 Å². The Morgan fingerprint density at radius 3 is 2.80 bits per heavy atom. The molecule has 1 N–H and O–H groups in total. The predicted molar refractivity (Wildman–Crippen MR) is 60.8 cm³/mol. The molecule has 0 saturated heterocycles. The molecular formula is C12H17NO2. The van der Waals surface area contributed by atoms with E-state index in [1.165, 1.54) is 6.92 Å². The van der Waals surface area contributed by atoms with E-state index in [9.17, 15) is 4.79 Å². The highest BCUT2D eigenvalue weighted by Gasteiger charge is 2.01. The second-order valence-corrected chi connectivity index (χ2v) is 3.47. The molecule has 0 spiro atoms. The number of hydrogen-bond donors (Lipinski definition) is 1. The van der Waals surface area contributed by atoms with Crippen LogP contribution in [-0.4, -0.2) is 12.5 Å². The quantitative estimate of drug-likeness (QED) is 0.823. The van der Waals surface area contributed by atoms with E-state index < -0.39 is 0 Å². The minimum Gasteiger partial charge on any atom is -0.377 e. The maximum absolute atomic E-state index is 10.9. The van der Waals surface area contributed by atoms with Gasteiger partial charge in [-0.15, -0.1) is 0 Å². The lowest BCUT2D eigenvalue weighted by Gasteiger charge is -2.09. The highest BCUT2D eigenvalue weighted by atomic mass is 16.5. The smallest absolute Gasteiger partial charge is 0.221 e. The van der Waals surface area contributed by atoms with E-state index in [1.807, 2.05) is 32.0 Å². The van der Waals surface area contributed by atoms with Crippen molar-refractivity contribution in [1.82, 2.24) is 0 Å². The Kier molecular flexibility index (Phi) is 4.31. The van der Waals surface area contributed by atoms with E-state index in [2.05, 4.69) is 5.32 Å². The molecule has 0 saturated carbocycles. The topological polar surface area (TPSA) is 38.3 Å². The molecule has 1 rings (SSSR count). The van der Waals surface area contributed by atoms with Crippen LogP contribution in [0.4, 0.5) is 5.69 Å². The third-order valence-corrected chi connectivity index (χ3v) is 2.09. The van der Waals surface area contributed by atoms with Crippen LogP contribution in [-0.2, 0) is 16.1 Å². The fourth-order valence-corrected chi connectivity index (χ4v) is 1.30. The second-order valence-electron chi connectivity index (χ2n) is 3.47. The largest absolute Gasteiger partial charge is 0.377 e. The number of anilines is 1. The number of amides is 1. The van der Waals surface area contributed by atoms with Gasteiger partial charge in [0.05, 0.1) is 6.61 Å². The van der Waals surface area contributed by atoms with E-state index >= 15 is 0 Å². The van der Waals surface area contributed by atoms with Gasteiger partial charge in [-0.1, -0.05) is 12.1 Å². The maximum Gasteiger partial charge on any atom is 0.221 e. The lowest BCUT2D eigenvalue weighted by molar-refractivity contribution is -0.114. The molecule has 0 aliphatic carbocycles. The van der Waals surface area contributed by atoms with Gasteiger partial charge in [0.2, 0.25) is 5.91 Å². The van der Waals surface area contributed by atoms with Crippen molar-refractivity contribution >= 4 is 11.6 Å². The van der Waals surface area contributed by atoms with Gasteiger partial charge in [-0.3, -0.25) is 4.79 Å². The third-order valence-electron chi connectivity index (χ3n) is 2.09. The molecule has 0 fully saturated rings. The second kappa shape index (κ2) is 5.51. The molecule has 0 aliphatic heterocycles. The van der Waals surface area contributed by atoms with Crippen molar-refractivity contribution in [2.45, 2.75) is 27.4 Å². The Bertz CT molecular complexity index is 347. The first-order valence-electron chi connectivity index (χ1n) is 5.08. The van der Waals surface area contributed by atoms with Crippen molar-refractivity contribution in [3.63, 3.8) is 0 Å². The lowest BCUT2D eigenvalue weighted by atomic mass is 10.1. The van der Waals surface area contributed by atoms with Gasteiger partial charge < -0.3 is 10.1 Å². The van der Waals surface area contributed by atoms with Crippen LogP contribution in [0.25, 0.3) is 0 Å². The van der Waals surface area contributed by atoms with Crippen molar-refractivity contribution in [3.05, 3.63) is 29.3 Å². The van der Waals surface area contributed by atoms with E-state index in [0.29, 0.717) is 13.2 Å². The number of carbonyl (C=O) groups is 1. The first kappa shape index (κ1) is 11.7. The number of aryl methyl sites for hydroxylation is 1. The Labute approximate surface area is 90.4 Å². The summed E-state index contributed by atoms with van der Waals surface area (Å²) in [6.45, 7) is 6.72. The predicted octanol–water partition coefficient (Wildman–Crippen LogP) is 2.49. The Balaban J connectivity index is 2.80. The lowest BCUT2D eigenvalue weighted by Crippen LogP contribution is -2.07. The van der Waals surface area contributed by atoms with Crippen LogP contribution in [0.1, 0.15) is 25.0 Å². The molecule has 0 unspecified atom stereocenters. The minimum absolute atomic E-state index is 0.0494. The van der Waals surface area contributed by atoms with Gasteiger partial charge in [-0.05, 0) is 31.0 Å². The number of nitrogens with one attached hydrogen (secondary N) is 1. The number of carbonyl (C=O) groups excluding carboxylic acids is 1. The van der Waals surface area contributed by atoms with Gasteiger partial charge in [0, 0.05) is 19.2 Å². The first-order valence-corrected chi connectivity index (χ1v) is 5.08. The molecule has 0 radical (unpaired) electrons.